The Hall–Kier alpha value is -1.66. The maximum absolute atomic E-state index is 12.1. The van der Waals surface area contributed by atoms with Crippen LogP contribution in [0.3, 0.4) is 0 Å². The van der Waals surface area contributed by atoms with Gasteiger partial charge < -0.3 is 15.4 Å². The molecule has 0 fully saturated rings. The van der Waals surface area contributed by atoms with Gasteiger partial charge in [-0.25, -0.2) is 4.79 Å². The molecule has 1 heterocycles. The highest BCUT2D eigenvalue weighted by Gasteiger charge is 2.23. The molecular formula is C18H19BrN2O2S. The molecule has 3 rings (SSSR count). The number of thioether (sulfide) groups is 1. The molecule has 0 saturated heterocycles. The van der Waals surface area contributed by atoms with E-state index in [1.807, 2.05) is 36.4 Å². The molecule has 1 unspecified atom stereocenters. The third kappa shape index (κ3) is 4.68. The normalized spacial score (nSPS) is 16.0. The first-order chi connectivity index (χ1) is 11.7. The van der Waals surface area contributed by atoms with Crippen molar-refractivity contribution in [1.82, 2.24) is 10.6 Å². The Morgan fingerprint density at radius 2 is 2.08 bits per heavy atom. The highest BCUT2D eigenvalue weighted by molar-refractivity contribution is 9.10. The molecule has 2 N–H and O–H groups in total. The van der Waals surface area contributed by atoms with Crippen LogP contribution in [0.2, 0.25) is 0 Å². The lowest BCUT2D eigenvalue weighted by Gasteiger charge is -2.27. The lowest BCUT2D eigenvalue weighted by molar-refractivity contribution is 0.224. The zero-order chi connectivity index (χ0) is 16.8. The average Bonchev–Trinajstić information content (AvgIpc) is 2.60. The second-order valence-corrected chi connectivity index (χ2v) is 7.52. The summed E-state index contributed by atoms with van der Waals surface area (Å²) in [5.41, 5.74) is 1.02. The van der Waals surface area contributed by atoms with Crippen LogP contribution in [-0.2, 0) is 0 Å². The van der Waals surface area contributed by atoms with Crippen LogP contribution in [0.1, 0.15) is 18.0 Å². The minimum atomic E-state index is -0.138. The zero-order valence-electron chi connectivity index (χ0n) is 13.1. The molecule has 0 spiro atoms. The molecule has 0 aromatic heterocycles. The summed E-state index contributed by atoms with van der Waals surface area (Å²) in [6.45, 7) is 1.24. The number of carbonyl (C=O) groups excluding carboxylic acids is 1. The number of hydrogen-bond donors (Lipinski definition) is 2. The predicted molar refractivity (Wildman–Crippen MR) is 101 cm³/mol. The van der Waals surface area contributed by atoms with Crippen LogP contribution >= 0.6 is 27.7 Å². The van der Waals surface area contributed by atoms with Crippen molar-refractivity contribution < 1.29 is 9.53 Å². The topological polar surface area (TPSA) is 50.4 Å². The summed E-state index contributed by atoms with van der Waals surface area (Å²) in [6, 6.07) is 15.9. The van der Waals surface area contributed by atoms with E-state index >= 15 is 0 Å². The van der Waals surface area contributed by atoms with E-state index in [1.54, 1.807) is 11.8 Å². The Morgan fingerprint density at radius 1 is 1.25 bits per heavy atom. The Labute approximate surface area is 154 Å². The van der Waals surface area contributed by atoms with Crippen LogP contribution in [0.15, 0.2) is 57.9 Å². The van der Waals surface area contributed by atoms with Gasteiger partial charge in [-0.05, 0) is 30.3 Å². The Kier molecular flexibility index (Phi) is 6.04. The number of ether oxygens (including phenoxy) is 1. The fourth-order valence-corrected chi connectivity index (χ4v) is 3.74. The maximum Gasteiger partial charge on any atom is 0.315 e. The van der Waals surface area contributed by atoms with Gasteiger partial charge in [0.25, 0.3) is 0 Å². The highest BCUT2D eigenvalue weighted by atomic mass is 79.9. The molecule has 1 aliphatic rings. The Morgan fingerprint density at radius 3 is 2.92 bits per heavy atom. The number of rotatable bonds is 5. The number of urea groups is 1. The Bertz CT molecular complexity index is 697. The Balaban J connectivity index is 1.47. The minimum absolute atomic E-state index is 0.0203. The molecule has 2 aromatic rings. The molecule has 4 nitrogen and oxygen atoms in total. The van der Waals surface area contributed by atoms with Gasteiger partial charge in [-0.2, -0.15) is 0 Å². The molecule has 126 valence electrons. The molecule has 24 heavy (non-hydrogen) atoms. The van der Waals surface area contributed by atoms with Gasteiger partial charge >= 0.3 is 6.03 Å². The second kappa shape index (κ2) is 8.44. The highest BCUT2D eigenvalue weighted by Crippen LogP contribution is 2.33. The van der Waals surface area contributed by atoms with Gasteiger partial charge in [-0.1, -0.05) is 34.1 Å². The van der Waals surface area contributed by atoms with Crippen LogP contribution in [0.4, 0.5) is 4.79 Å². The summed E-state index contributed by atoms with van der Waals surface area (Å²) in [7, 11) is 0. The van der Waals surface area contributed by atoms with Crippen LogP contribution in [0, 0.1) is 0 Å². The van der Waals surface area contributed by atoms with Crippen LogP contribution in [-0.4, -0.2) is 24.9 Å². The van der Waals surface area contributed by atoms with E-state index in [0.29, 0.717) is 13.2 Å². The van der Waals surface area contributed by atoms with Crippen molar-refractivity contribution in [2.24, 2.45) is 0 Å². The van der Waals surface area contributed by atoms with Gasteiger partial charge in [-0.3, -0.25) is 0 Å². The molecule has 0 saturated carbocycles. The summed E-state index contributed by atoms with van der Waals surface area (Å²) < 4.78 is 6.63. The third-order valence-corrected chi connectivity index (χ3v) is 5.22. The van der Waals surface area contributed by atoms with Gasteiger partial charge in [0, 0.05) is 33.7 Å². The van der Waals surface area contributed by atoms with Crippen molar-refractivity contribution in [1.29, 1.82) is 0 Å². The number of fused-ring (bicyclic) bond motifs is 1. The van der Waals surface area contributed by atoms with E-state index in [0.717, 1.165) is 28.0 Å². The molecule has 6 heteroatoms. The molecule has 2 aromatic carbocycles. The van der Waals surface area contributed by atoms with Crippen LogP contribution < -0.4 is 15.4 Å². The standard InChI is InChI=1S/C18H19BrN2O2S/c19-13-6-7-17-15(12-13)16(8-10-23-17)21-18(22)20-9-11-24-14-4-2-1-3-5-14/h1-7,12,16H,8-11H2,(H2,20,21,22). The van der Waals surface area contributed by atoms with Gasteiger partial charge in [0.15, 0.2) is 0 Å². The van der Waals surface area contributed by atoms with E-state index in [2.05, 4.69) is 38.7 Å². The lowest BCUT2D eigenvalue weighted by Crippen LogP contribution is -2.40. The predicted octanol–water partition coefficient (Wildman–Crippen LogP) is 4.36. The largest absolute Gasteiger partial charge is 0.493 e. The smallest absolute Gasteiger partial charge is 0.315 e. The quantitative estimate of drug-likeness (QED) is 0.572. The summed E-state index contributed by atoms with van der Waals surface area (Å²) in [5.74, 6) is 1.68. The zero-order valence-corrected chi connectivity index (χ0v) is 15.5. The molecule has 0 radical (unpaired) electrons. The van der Waals surface area contributed by atoms with Crippen LogP contribution in [0.25, 0.3) is 0 Å². The summed E-state index contributed by atoms with van der Waals surface area (Å²) in [6.07, 6.45) is 0.773. The summed E-state index contributed by atoms with van der Waals surface area (Å²) >= 11 is 5.20. The van der Waals surface area contributed by atoms with Gasteiger partial charge in [0.1, 0.15) is 5.75 Å². The molecule has 1 atom stereocenters. The molecule has 2 amide bonds. The summed E-state index contributed by atoms with van der Waals surface area (Å²) in [4.78, 5) is 13.3. The first-order valence-electron chi connectivity index (χ1n) is 7.87. The SMILES string of the molecule is O=C(NCCSc1ccccc1)NC1CCOc2ccc(Br)cc21. The minimum Gasteiger partial charge on any atom is -0.493 e. The molecular weight excluding hydrogens is 388 g/mol. The van der Waals surface area contributed by atoms with Crippen molar-refractivity contribution >= 4 is 33.7 Å². The average molecular weight is 407 g/mol. The van der Waals surface area contributed by atoms with E-state index in [4.69, 9.17) is 4.74 Å². The number of amides is 2. The van der Waals surface area contributed by atoms with E-state index in [-0.39, 0.29) is 12.1 Å². The second-order valence-electron chi connectivity index (χ2n) is 5.43. The first-order valence-corrected chi connectivity index (χ1v) is 9.65. The fourth-order valence-electron chi connectivity index (χ4n) is 2.57. The molecule has 1 aliphatic heterocycles. The summed E-state index contributed by atoms with van der Waals surface area (Å²) in [5, 5.41) is 5.96. The monoisotopic (exact) mass is 406 g/mol. The van der Waals surface area contributed by atoms with Crippen molar-refractivity contribution in [3.8, 4) is 5.75 Å². The van der Waals surface area contributed by atoms with Crippen LogP contribution in [0.5, 0.6) is 5.75 Å². The number of carbonyl (C=O) groups is 1. The number of benzene rings is 2. The molecule has 0 bridgehead atoms. The van der Waals surface area contributed by atoms with Crippen molar-refractivity contribution in [3.63, 3.8) is 0 Å². The number of nitrogens with one attached hydrogen (secondary N) is 2. The fraction of sp³-hybridized carbons (Fsp3) is 0.278. The third-order valence-electron chi connectivity index (χ3n) is 3.72. The molecule has 0 aliphatic carbocycles. The van der Waals surface area contributed by atoms with Crippen molar-refractivity contribution in [2.45, 2.75) is 17.4 Å². The first kappa shape index (κ1) is 17.2. The van der Waals surface area contributed by atoms with E-state index in [9.17, 15) is 4.79 Å². The number of hydrogen-bond acceptors (Lipinski definition) is 3. The number of halogens is 1. The van der Waals surface area contributed by atoms with E-state index in [1.165, 1.54) is 4.90 Å². The van der Waals surface area contributed by atoms with Gasteiger partial charge in [0.2, 0.25) is 0 Å². The van der Waals surface area contributed by atoms with Gasteiger partial charge in [0.05, 0.1) is 12.6 Å². The van der Waals surface area contributed by atoms with Crippen molar-refractivity contribution in [3.05, 3.63) is 58.6 Å². The lowest BCUT2D eigenvalue weighted by atomic mass is 10.0. The maximum atomic E-state index is 12.1. The van der Waals surface area contributed by atoms with Crippen molar-refractivity contribution in [2.75, 3.05) is 18.9 Å². The van der Waals surface area contributed by atoms with E-state index < -0.39 is 0 Å². The van der Waals surface area contributed by atoms with Gasteiger partial charge in [-0.15, -0.1) is 11.8 Å².